The van der Waals surface area contributed by atoms with Gasteiger partial charge < -0.3 is 14.2 Å². The van der Waals surface area contributed by atoms with Crippen molar-refractivity contribution in [2.45, 2.75) is 0 Å². The van der Waals surface area contributed by atoms with Crippen molar-refractivity contribution in [1.82, 2.24) is 0 Å². The van der Waals surface area contributed by atoms with E-state index in [-0.39, 0.29) is 6.61 Å². The van der Waals surface area contributed by atoms with Gasteiger partial charge in [0.1, 0.15) is 11.5 Å². The van der Waals surface area contributed by atoms with E-state index in [1.807, 2.05) is 22.6 Å². The van der Waals surface area contributed by atoms with E-state index in [2.05, 4.69) is 14.6 Å². The SMILES string of the molecule is COc1cccc(OC(=O)OCC#CI)c1. The molecule has 0 amide bonds. The smallest absolute Gasteiger partial charge is 0.497 e. The van der Waals surface area contributed by atoms with Crippen LogP contribution in [-0.4, -0.2) is 19.9 Å². The summed E-state index contributed by atoms with van der Waals surface area (Å²) in [5, 5.41) is 0. The number of ether oxygens (including phenoxy) is 3. The molecule has 4 nitrogen and oxygen atoms in total. The third-order valence-electron chi connectivity index (χ3n) is 1.57. The van der Waals surface area contributed by atoms with Gasteiger partial charge in [-0.25, -0.2) is 4.79 Å². The number of carbonyl (C=O) groups is 1. The second-order valence-electron chi connectivity index (χ2n) is 2.59. The van der Waals surface area contributed by atoms with Crippen molar-refractivity contribution in [3.8, 4) is 21.3 Å². The van der Waals surface area contributed by atoms with Crippen LogP contribution in [0.25, 0.3) is 0 Å². The summed E-state index contributed by atoms with van der Waals surface area (Å²) in [6.45, 7) is 0.0196. The van der Waals surface area contributed by atoms with Gasteiger partial charge in [-0.1, -0.05) is 12.0 Å². The molecule has 0 saturated heterocycles. The van der Waals surface area contributed by atoms with Gasteiger partial charge in [-0.2, -0.15) is 0 Å². The number of hydrogen-bond acceptors (Lipinski definition) is 4. The first-order valence-electron chi connectivity index (χ1n) is 4.33. The molecule has 0 aliphatic carbocycles. The molecule has 0 aromatic heterocycles. The zero-order valence-corrected chi connectivity index (χ0v) is 10.7. The molecule has 0 bridgehead atoms. The molecule has 16 heavy (non-hydrogen) atoms. The van der Waals surface area contributed by atoms with Crippen LogP contribution in [0.15, 0.2) is 24.3 Å². The summed E-state index contributed by atoms with van der Waals surface area (Å²) in [7, 11) is 1.54. The fraction of sp³-hybridized carbons (Fsp3) is 0.182. The van der Waals surface area contributed by atoms with Crippen molar-refractivity contribution in [3.63, 3.8) is 0 Å². The third kappa shape index (κ3) is 4.40. The number of benzene rings is 1. The monoisotopic (exact) mass is 332 g/mol. The maximum Gasteiger partial charge on any atom is 0.514 e. The molecule has 1 rings (SSSR count). The Morgan fingerprint density at radius 1 is 1.44 bits per heavy atom. The number of carbonyl (C=O) groups excluding carboxylic acids is 1. The zero-order chi connectivity index (χ0) is 11.8. The lowest BCUT2D eigenvalue weighted by Crippen LogP contribution is -2.10. The Balaban J connectivity index is 2.51. The minimum atomic E-state index is -0.785. The van der Waals surface area contributed by atoms with Crippen LogP contribution in [0.3, 0.4) is 0 Å². The Bertz CT molecular complexity index is 419. The van der Waals surface area contributed by atoms with Crippen molar-refractivity contribution in [2.24, 2.45) is 0 Å². The van der Waals surface area contributed by atoms with Crippen LogP contribution >= 0.6 is 22.6 Å². The highest BCUT2D eigenvalue weighted by molar-refractivity contribution is 14.1. The van der Waals surface area contributed by atoms with E-state index >= 15 is 0 Å². The van der Waals surface area contributed by atoms with Gasteiger partial charge in [0.15, 0.2) is 6.61 Å². The first kappa shape index (κ1) is 12.6. The average Bonchev–Trinajstić information content (AvgIpc) is 2.29. The van der Waals surface area contributed by atoms with E-state index in [0.29, 0.717) is 11.5 Å². The second kappa shape index (κ2) is 6.95. The number of hydrogen-bond donors (Lipinski definition) is 0. The molecular weight excluding hydrogens is 323 g/mol. The van der Waals surface area contributed by atoms with Crippen molar-refractivity contribution >= 4 is 28.7 Å². The molecule has 0 spiro atoms. The van der Waals surface area contributed by atoms with Crippen molar-refractivity contribution in [3.05, 3.63) is 24.3 Å². The molecule has 1 aromatic carbocycles. The summed E-state index contributed by atoms with van der Waals surface area (Å²) >= 11 is 1.86. The Morgan fingerprint density at radius 2 is 2.19 bits per heavy atom. The van der Waals surface area contributed by atoms with Crippen LogP contribution in [0.4, 0.5) is 4.79 Å². The minimum absolute atomic E-state index is 0.0196. The molecule has 0 aliphatic heterocycles. The minimum Gasteiger partial charge on any atom is -0.497 e. The molecule has 0 atom stereocenters. The molecule has 84 valence electrons. The van der Waals surface area contributed by atoms with E-state index in [1.54, 1.807) is 24.3 Å². The molecule has 0 N–H and O–H groups in total. The van der Waals surface area contributed by atoms with Crippen LogP contribution in [0, 0.1) is 9.85 Å². The molecule has 0 saturated carbocycles. The molecule has 0 heterocycles. The quantitative estimate of drug-likeness (QED) is 0.369. The maximum absolute atomic E-state index is 11.1. The van der Waals surface area contributed by atoms with Crippen molar-refractivity contribution < 1.29 is 19.0 Å². The fourth-order valence-corrected chi connectivity index (χ4v) is 1.07. The van der Waals surface area contributed by atoms with E-state index in [0.717, 1.165) is 0 Å². The number of methoxy groups -OCH3 is 1. The maximum atomic E-state index is 11.1. The van der Waals surface area contributed by atoms with Crippen LogP contribution < -0.4 is 9.47 Å². The van der Waals surface area contributed by atoms with E-state index in [9.17, 15) is 4.79 Å². The number of rotatable bonds is 3. The van der Waals surface area contributed by atoms with Crippen LogP contribution in [-0.2, 0) is 4.74 Å². The van der Waals surface area contributed by atoms with E-state index < -0.39 is 6.16 Å². The molecule has 0 unspecified atom stereocenters. The largest absolute Gasteiger partial charge is 0.514 e. The Morgan fingerprint density at radius 3 is 2.88 bits per heavy atom. The highest BCUT2D eigenvalue weighted by Crippen LogP contribution is 2.19. The summed E-state index contributed by atoms with van der Waals surface area (Å²) in [5.74, 6) is 3.55. The van der Waals surface area contributed by atoms with Gasteiger partial charge in [-0.15, -0.1) is 0 Å². The lowest BCUT2D eigenvalue weighted by molar-refractivity contribution is 0.111. The summed E-state index contributed by atoms with van der Waals surface area (Å²) < 4.78 is 17.1. The average molecular weight is 332 g/mol. The van der Waals surface area contributed by atoms with Gasteiger partial charge in [-0.3, -0.25) is 0 Å². The molecule has 0 fully saturated rings. The van der Waals surface area contributed by atoms with Crippen molar-refractivity contribution in [1.29, 1.82) is 0 Å². The van der Waals surface area contributed by atoms with Gasteiger partial charge in [0, 0.05) is 28.7 Å². The van der Waals surface area contributed by atoms with Gasteiger partial charge in [-0.05, 0) is 16.1 Å². The summed E-state index contributed by atoms with van der Waals surface area (Å²) in [4.78, 5) is 11.1. The predicted octanol–water partition coefficient (Wildman–Crippen LogP) is 2.61. The molecule has 5 heteroatoms. The second-order valence-corrected chi connectivity index (χ2v) is 3.13. The highest BCUT2D eigenvalue weighted by Gasteiger charge is 2.05. The number of halogens is 1. The van der Waals surface area contributed by atoms with E-state index in [1.165, 1.54) is 7.11 Å². The van der Waals surface area contributed by atoms with Gasteiger partial charge in [0.25, 0.3) is 0 Å². The first-order chi connectivity index (χ1) is 7.76. The lowest BCUT2D eigenvalue weighted by atomic mass is 10.3. The van der Waals surface area contributed by atoms with Crippen molar-refractivity contribution in [2.75, 3.05) is 13.7 Å². The highest BCUT2D eigenvalue weighted by atomic mass is 127. The van der Waals surface area contributed by atoms with Gasteiger partial charge in [0.2, 0.25) is 0 Å². The molecule has 0 radical (unpaired) electrons. The normalized spacial score (nSPS) is 8.62. The van der Waals surface area contributed by atoms with E-state index in [4.69, 9.17) is 9.47 Å². The lowest BCUT2D eigenvalue weighted by Gasteiger charge is -2.04. The Labute approximate surface area is 107 Å². The van der Waals surface area contributed by atoms with Gasteiger partial charge >= 0.3 is 6.16 Å². The Kier molecular flexibility index (Phi) is 5.50. The van der Waals surface area contributed by atoms with Crippen LogP contribution in [0.5, 0.6) is 11.5 Å². The zero-order valence-electron chi connectivity index (χ0n) is 8.53. The summed E-state index contributed by atoms with van der Waals surface area (Å²) in [5.41, 5.74) is 0. The topological polar surface area (TPSA) is 44.8 Å². The van der Waals surface area contributed by atoms with Crippen LogP contribution in [0.1, 0.15) is 0 Å². The predicted molar refractivity (Wildman–Crippen MR) is 66.8 cm³/mol. The fourth-order valence-electron chi connectivity index (χ4n) is 0.913. The Hall–Kier alpha value is -1.42. The first-order valence-corrected chi connectivity index (χ1v) is 5.41. The molecule has 0 aliphatic rings. The molecule has 1 aromatic rings. The van der Waals surface area contributed by atoms with Gasteiger partial charge in [0.05, 0.1) is 7.11 Å². The third-order valence-corrected chi connectivity index (χ3v) is 1.95. The van der Waals surface area contributed by atoms with Crippen LogP contribution in [0.2, 0.25) is 0 Å². The summed E-state index contributed by atoms with van der Waals surface area (Å²) in [6, 6.07) is 6.69. The summed E-state index contributed by atoms with van der Waals surface area (Å²) in [6.07, 6.45) is -0.785. The molecular formula is C11H9IO4. The standard InChI is InChI=1S/C11H9IO4/c1-14-9-4-2-5-10(8-9)16-11(13)15-7-3-6-12/h2,4-5,8H,7H2,1H3.